The molecule has 0 amide bonds. The van der Waals surface area contributed by atoms with Gasteiger partial charge in [0.1, 0.15) is 5.75 Å². The second-order valence-electron chi connectivity index (χ2n) is 3.65. The van der Waals surface area contributed by atoms with Crippen LogP contribution in [0.2, 0.25) is 0 Å². The Kier molecular flexibility index (Phi) is 5.56. The SMILES string of the molecule is C=CCCCOc1c(C)cc(Br)cc1CO. The van der Waals surface area contributed by atoms with Crippen molar-refractivity contribution in [3.05, 3.63) is 40.4 Å². The first-order chi connectivity index (χ1) is 7.69. The predicted octanol–water partition coefficient (Wildman–Crippen LogP) is 3.59. The molecular weight excluding hydrogens is 268 g/mol. The zero-order valence-electron chi connectivity index (χ0n) is 9.50. The number of allylic oxidation sites excluding steroid dienone is 1. The van der Waals surface area contributed by atoms with E-state index in [9.17, 15) is 5.11 Å². The summed E-state index contributed by atoms with van der Waals surface area (Å²) in [6, 6.07) is 3.87. The average molecular weight is 285 g/mol. The summed E-state index contributed by atoms with van der Waals surface area (Å²) in [5, 5.41) is 9.25. The van der Waals surface area contributed by atoms with Crippen molar-refractivity contribution in [1.29, 1.82) is 0 Å². The van der Waals surface area contributed by atoms with Crippen molar-refractivity contribution in [2.45, 2.75) is 26.4 Å². The number of benzene rings is 1. The quantitative estimate of drug-likeness (QED) is 0.639. The van der Waals surface area contributed by atoms with Crippen molar-refractivity contribution in [3.8, 4) is 5.75 Å². The second-order valence-corrected chi connectivity index (χ2v) is 4.56. The molecule has 0 saturated heterocycles. The fourth-order valence-electron chi connectivity index (χ4n) is 1.53. The van der Waals surface area contributed by atoms with E-state index in [1.54, 1.807) is 0 Å². The van der Waals surface area contributed by atoms with Crippen molar-refractivity contribution in [3.63, 3.8) is 0 Å². The standard InChI is InChI=1S/C13H17BrO2/c1-3-4-5-6-16-13-10(2)7-12(14)8-11(13)9-15/h3,7-8,15H,1,4-6,9H2,2H3. The number of aryl methyl sites for hydroxylation is 1. The Hall–Kier alpha value is -0.800. The lowest BCUT2D eigenvalue weighted by atomic mass is 10.1. The summed E-state index contributed by atoms with van der Waals surface area (Å²) < 4.78 is 6.65. The number of hydrogen-bond acceptors (Lipinski definition) is 2. The van der Waals surface area contributed by atoms with E-state index in [2.05, 4.69) is 22.5 Å². The number of aliphatic hydroxyl groups excluding tert-OH is 1. The molecule has 1 aromatic carbocycles. The van der Waals surface area contributed by atoms with Crippen LogP contribution in [-0.2, 0) is 6.61 Å². The van der Waals surface area contributed by atoms with Gasteiger partial charge in [-0.1, -0.05) is 22.0 Å². The largest absolute Gasteiger partial charge is 0.493 e. The minimum Gasteiger partial charge on any atom is -0.493 e. The highest BCUT2D eigenvalue weighted by Crippen LogP contribution is 2.28. The number of ether oxygens (including phenoxy) is 1. The summed E-state index contributed by atoms with van der Waals surface area (Å²) in [5.41, 5.74) is 1.86. The zero-order valence-corrected chi connectivity index (χ0v) is 11.1. The molecule has 0 spiro atoms. The molecule has 0 fully saturated rings. The molecule has 16 heavy (non-hydrogen) atoms. The smallest absolute Gasteiger partial charge is 0.127 e. The monoisotopic (exact) mass is 284 g/mol. The van der Waals surface area contributed by atoms with Gasteiger partial charge in [0.15, 0.2) is 0 Å². The lowest BCUT2D eigenvalue weighted by Gasteiger charge is -2.13. The van der Waals surface area contributed by atoms with Crippen LogP contribution >= 0.6 is 15.9 Å². The number of halogens is 1. The predicted molar refractivity (Wildman–Crippen MR) is 69.7 cm³/mol. The van der Waals surface area contributed by atoms with Gasteiger partial charge >= 0.3 is 0 Å². The number of hydrogen-bond donors (Lipinski definition) is 1. The van der Waals surface area contributed by atoms with E-state index in [1.807, 2.05) is 25.1 Å². The highest BCUT2D eigenvalue weighted by atomic mass is 79.9. The van der Waals surface area contributed by atoms with E-state index in [0.29, 0.717) is 6.61 Å². The molecule has 1 aromatic rings. The third-order valence-corrected chi connectivity index (χ3v) is 2.74. The van der Waals surface area contributed by atoms with E-state index >= 15 is 0 Å². The Morgan fingerprint density at radius 2 is 2.25 bits per heavy atom. The van der Waals surface area contributed by atoms with Crippen molar-refractivity contribution in [1.82, 2.24) is 0 Å². The molecule has 0 atom stereocenters. The Labute approximate surface area is 105 Å². The molecule has 1 rings (SSSR count). The first kappa shape index (κ1) is 13.3. The normalized spacial score (nSPS) is 10.2. The molecule has 0 bridgehead atoms. The van der Waals surface area contributed by atoms with Crippen molar-refractivity contribution in [2.24, 2.45) is 0 Å². The summed E-state index contributed by atoms with van der Waals surface area (Å²) in [5.74, 6) is 0.801. The van der Waals surface area contributed by atoms with Crippen LogP contribution in [0.25, 0.3) is 0 Å². The topological polar surface area (TPSA) is 29.5 Å². The highest BCUT2D eigenvalue weighted by Gasteiger charge is 2.07. The third-order valence-electron chi connectivity index (χ3n) is 2.29. The van der Waals surface area contributed by atoms with Crippen LogP contribution in [0.15, 0.2) is 29.3 Å². The summed E-state index contributed by atoms with van der Waals surface area (Å²) >= 11 is 3.40. The molecular formula is C13H17BrO2. The molecule has 0 radical (unpaired) electrons. The summed E-state index contributed by atoms with van der Waals surface area (Å²) in [7, 11) is 0. The Balaban J connectivity index is 2.73. The van der Waals surface area contributed by atoms with Crippen molar-refractivity contribution < 1.29 is 9.84 Å². The maximum Gasteiger partial charge on any atom is 0.127 e. The van der Waals surface area contributed by atoms with Gasteiger partial charge in [-0.05, 0) is 37.5 Å². The van der Waals surface area contributed by atoms with Gasteiger partial charge < -0.3 is 9.84 Å². The molecule has 0 aromatic heterocycles. The van der Waals surface area contributed by atoms with Crippen LogP contribution in [0.5, 0.6) is 5.75 Å². The van der Waals surface area contributed by atoms with Gasteiger partial charge in [-0.2, -0.15) is 0 Å². The van der Waals surface area contributed by atoms with Crippen LogP contribution in [-0.4, -0.2) is 11.7 Å². The van der Waals surface area contributed by atoms with E-state index in [1.165, 1.54) is 0 Å². The fraction of sp³-hybridized carbons (Fsp3) is 0.385. The number of aliphatic hydroxyl groups is 1. The molecule has 0 aliphatic rings. The third kappa shape index (κ3) is 3.65. The van der Waals surface area contributed by atoms with Gasteiger partial charge in [0.2, 0.25) is 0 Å². The van der Waals surface area contributed by atoms with Gasteiger partial charge in [-0.3, -0.25) is 0 Å². The van der Waals surface area contributed by atoms with Crippen LogP contribution in [0.4, 0.5) is 0 Å². The minimum atomic E-state index is -0.00291. The van der Waals surface area contributed by atoms with Gasteiger partial charge in [0.25, 0.3) is 0 Å². The maximum atomic E-state index is 9.25. The molecule has 0 unspecified atom stereocenters. The van der Waals surface area contributed by atoms with Crippen LogP contribution in [0, 0.1) is 6.92 Å². The summed E-state index contributed by atoms with van der Waals surface area (Å²) in [4.78, 5) is 0. The number of unbranched alkanes of at least 4 members (excludes halogenated alkanes) is 1. The van der Waals surface area contributed by atoms with Crippen LogP contribution in [0.3, 0.4) is 0 Å². The van der Waals surface area contributed by atoms with Crippen LogP contribution < -0.4 is 4.74 Å². The molecule has 0 aliphatic carbocycles. The summed E-state index contributed by atoms with van der Waals surface area (Å²) in [6.45, 7) is 6.30. The van der Waals surface area contributed by atoms with E-state index in [4.69, 9.17) is 4.74 Å². The highest BCUT2D eigenvalue weighted by molar-refractivity contribution is 9.10. The fourth-order valence-corrected chi connectivity index (χ4v) is 2.14. The van der Waals surface area contributed by atoms with Gasteiger partial charge in [-0.25, -0.2) is 0 Å². The van der Waals surface area contributed by atoms with Crippen LogP contribution in [0.1, 0.15) is 24.0 Å². The molecule has 0 heterocycles. The van der Waals surface area contributed by atoms with Crippen molar-refractivity contribution in [2.75, 3.05) is 6.61 Å². The molecule has 0 aliphatic heterocycles. The van der Waals surface area contributed by atoms with E-state index < -0.39 is 0 Å². The average Bonchev–Trinajstić information content (AvgIpc) is 2.26. The van der Waals surface area contributed by atoms with Gasteiger partial charge in [-0.15, -0.1) is 6.58 Å². The molecule has 88 valence electrons. The minimum absolute atomic E-state index is 0.00291. The van der Waals surface area contributed by atoms with E-state index in [-0.39, 0.29) is 6.61 Å². The summed E-state index contributed by atoms with van der Waals surface area (Å²) in [6.07, 6.45) is 3.78. The van der Waals surface area contributed by atoms with E-state index in [0.717, 1.165) is 34.2 Å². The first-order valence-corrected chi connectivity index (χ1v) is 6.12. The number of rotatable bonds is 6. The first-order valence-electron chi connectivity index (χ1n) is 5.32. The lowest BCUT2D eigenvalue weighted by Crippen LogP contribution is -2.02. The zero-order chi connectivity index (χ0) is 12.0. The van der Waals surface area contributed by atoms with Gasteiger partial charge in [0.05, 0.1) is 13.2 Å². The lowest BCUT2D eigenvalue weighted by molar-refractivity contribution is 0.260. The molecule has 0 saturated carbocycles. The second kappa shape index (κ2) is 6.71. The molecule has 3 heteroatoms. The van der Waals surface area contributed by atoms with Gasteiger partial charge in [0, 0.05) is 10.0 Å². The Morgan fingerprint density at radius 1 is 1.50 bits per heavy atom. The molecule has 2 nitrogen and oxygen atoms in total. The Morgan fingerprint density at radius 3 is 2.88 bits per heavy atom. The maximum absolute atomic E-state index is 9.25. The Bertz CT molecular complexity index is 361. The molecule has 1 N–H and O–H groups in total. The van der Waals surface area contributed by atoms with Crippen molar-refractivity contribution >= 4 is 15.9 Å².